The number of amides is 1. The molecule has 0 bridgehead atoms. The molecule has 336 valence electrons. The van der Waals surface area contributed by atoms with E-state index < -0.39 is 12.1 Å². The van der Waals surface area contributed by atoms with Crippen LogP contribution in [-0.2, 0) is 4.79 Å². The molecule has 0 heterocycles. The molecule has 4 heteroatoms. The Hall–Kier alpha value is -1.39. The first-order valence-electron chi connectivity index (χ1n) is 25.7. The van der Waals surface area contributed by atoms with Crippen molar-refractivity contribution in [3.05, 3.63) is 36.5 Å². The number of carbonyl (C=O) groups is 1. The lowest BCUT2D eigenvalue weighted by molar-refractivity contribution is -0.123. The second-order valence-electron chi connectivity index (χ2n) is 17.6. The number of allylic oxidation sites excluding steroid dienone is 5. The molecule has 4 nitrogen and oxygen atoms in total. The first-order valence-corrected chi connectivity index (χ1v) is 25.7. The maximum Gasteiger partial charge on any atom is 0.220 e. The molecule has 3 N–H and O–H groups in total. The fourth-order valence-corrected chi connectivity index (χ4v) is 7.90. The lowest BCUT2D eigenvalue weighted by atomic mass is 10.0. The molecule has 2 atom stereocenters. The third-order valence-electron chi connectivity index (χ3n) is 11.8. The first-order chi connectivity index (χ1) is 28.2. The van der Waals surface area contributed by atoms with E-state index in [2.05, 4.69) is 43.5 Å². The van der Waals surface area contributed by atoms with Crippen LogP contribution in [0.15, 0.2) is 36.5 Å². The van der Waals surface area contributed by atoms with E-state index in [0.717, 1.165) is 32.1 Å². The predicted octanol–water partition coefficient (Wildman–Crippen LogP) is 16.5. The quantitative estimate of drug-likeness (QED) is 0.0424. The highest BCUT2D eigenvalue weighted by Crippen LogP contribution is 2.16. The third-order valence-corrected chi connectivity index (χ3v) is 11.8. The summed E-state index contributed by atoms with van der Waals surface area (Å²) >= 11 is 0. The molecule has 0 aromatic carbocycles. The van der Waals surface area contributed by atoms with Gasteiger partial charge in [-0.15, -0.1) is 0 Å². The molecule has 0 aliphatic carbocycles. The summed E-state index contributed by atoms with van der Waals surface area (Å²) in [4.78, 5) is 12.4. The number of rotatable bonds is 47. The Balaban J connectivity index is 3.46. The number of nitrogens with one attached hydrogen (secondary N) is 1. The SMILES string of the molecule is CCCCCCCCCC/C=C/CC/C=C/C(O)C(CO)NC(=O)CCCCCCCCCCCCCCCCC/C=C\CCCCCCCCCCCCCC. The fourth-order valence-electron chi connectivity index (χ4n) is 7.90. The molecular weight excluding hydrogens is 699 g/mol. The van der Waals surface area contributed by atoms with Crippen molar-refractivity contribution >= 4 is 5.91 Å². The van der Waals surface area contributed by atoms with E-state index in [0.29, 0.717) is 6.42 Å². The summed E-state index contributed by atoms with van der Waals surface area (Å²) in [5.74, 6) is -0.0713. The van der Waals surface area contributed by atoms with Crippen LogP contribution in [0.1, 0.15) is 277 Å². The highest BCUT2D eigenvalue weighted by Gasteiger charge is 2.17. The van der Waals surface area contributed by atoms with Crippen LogP contribution in [0.3, 0.4) is 0 Å². The Morgan fingerprint density at radius 2 is 0.684 bits per heavy atom. The van der Waals surface area contributed by atoms with E-state index in [1.807, 2.05) is 6.08 Å². The molecule has 0 saturated heterocycles. The zero-order valence-corrected chi connectivity index (χ0v) is 38.6. The minimum Gasteiger partial charge on any atom is -0.394 e. The smallest absolute Gasteiger partial charge is 0.220 e. The summed E-state index contributed by atoms with van der Waals surface area (Å²) in [6.45, 7) is 4.31. The van der Waals surface area contributed by atoms with Crippen molar-refractivity contribution in [2.45, 2.75) is 289 Å². The van der Waals surface area contributed by atoms with E-state index in [9.17, 15) is 15.0 Å². The fraction of sp³-hybridized carbons (Fsp3) is 0.868. The molecule has 57 heavy (non-hydrogen) atoms. The lowest BCUT2D eigenvalue weighted by Gasteiger charge is -2.19. The predicted molar refractivity (Wildman–Crippen MR) is 253 cm³/mol. The van der Waals surface area contributed by atoms with Crippen LogP contribution in [-0.4, -0.2) is 34.9 Å². The van der Waals surface area contributed by atoms with Crippen LogP contribution < -0.4 is 5.32 Å². The Morgan fingerprint density at radius 1 is 0.404 bits per heavy atom. The van der Waals surface area contributed by atoms with E-state index >= 15 is 0 Å². The molecule has 0 aliphatic heterocycles. The van der Waals surface area contributed by atoms with E-state index in [1.165, 1.54) is 225 Å². The van der Waals surface area contributed by atoms with Crippen LogP contribution in [0.4, 0.5) is 0 Å². The number of unbranched alkanes of at least 4 members (excludes halogenated alkanes) is 36. The second-order valence-corrected chi connectivity index (χ2v) is 17.6. The zero-order chi connectivity index (χ0) is 41.4. The summed E-state index contributed by atoms with van der Waals surface area (Å²) in [5.41, 5.74) is 0. The summed E-state index contributed by atoms with van der Waals surface area (Å²) in [6.07, 6.45) is 65.8. The van der Waals surface area contributed by atoms with Crippen molar-refractivity contribution in [1.29, 1.82) is 0 Å². The van der Waals surface area contributed by atoms with Crippen molar-refractivity contribution < 1.29 is 15.0 Å². The molecule has 0 aliphatic rings. The monoisotopic (exact) mass is 800 g/mol. The van der Waals surface area contributed by atoms with Gasteiger partial charge in [0, 0.05) is 6.42 Å². The van der Waals surface area contributed by atoms with Crippen LogP contribution >= 0.6 is 0 Å². The first kappa shape index (κ1) is 55.6. The van der Waals surface area contributed by atoms with Crippen LogP contribution in [0.2, 0.25) is 0 Å². The molecule has 0 spiro atoms. The standard InChI is InChI=1S/C53H101NO3/c1-3-5-7-9-11-13-15-17-19-20-21-22-23-24-25-26-27-28-29-30-31-32-33-34-35-37-39-41-43-45-47-49-53(57)54-51(50-55)52(56)48-46-44-42-40-38-36-18-16-14-12-10-8-6-4-2/h24-25,38,40,46,48,51-52,55-56H,3-23,26-37,39,41-45,47,49-50H2,1-2H3,(H,54,57)/b25-24-,40-38+,48-46+. The van der Waals surface area contributed by atoms with Gasteiger partial charge < -0.3 is 15.5 Å². The van der Waals surface area contributed by atoms with Crippen LogP contribution in [0.5, 0.6) is 0 Å². The average molecular weight is 800 g/mol. The van der Waals surface area contributed by atoms with Gasteiger partial charge in [-0.1, -0.05) is 249 Å². The summed E-state index contributed by atoms with van der Waals surface area (Å²) < 4.78 is 0. The minimum absolute atomic E-state index is 0.0713. The molecule has 0 saturated carbocycles. The Labute approximate surface area is 357 Å². The number of carbonyl (C=O) groups excluding carboxylic acids is 1. The molecule has 0 rings (SSSR count). The second kappa shape index (κ2) is 49.0. The summed E-state index contributed by atoms with van der Waals surface area (Å²) in [6, 6.07) is -0.637. The van der Waals surface area contributed by atoms with Crippen molar-refractivity contribution in [1.82, 2.24) is 5.32 Å². The zero-order valence-electron chi connectivity index (χ0n) is 38.6. The van der Waals surface area contributed by atoms with Gasteiger partial charge in [-0.2, -0.15) is 0 Å². The van der Waals surface area contributed by atoms with Crippen molar-refractivity contribution in [2.75, 3.05) is 6.61 Å². The van der Waals surface area contributed by atoms with Gasteiger partial charge in [0.25, 0.3) is 0 Å². The van der Waals surface area contributed by atoms with Crippen LogP contribution in [0, 0.1) is 0 Å². The maximum atomic E-state index is 12.4. The van der Waals surface area contributed by atoms with Crippen molar-refractivity contribution in [3.8, 4) is 0 Å². The van der Waals surface area contributed by atoms with Crippen LogP contribution in [0.25, 0.3) is 0 Å². The van der Waals surface area contributed by atoms with Gasteiger partial charge in [-0.05, 0) is 57.8 Å². The van der Waals surface area contributed by atoms with Crippen molar-refractivity contribution in [2.24, 2.45) is 0 Å². The molecular formula is C53H101NO3. The van der Waals surface area contributed by atoms with E-state index in [4.69, 9.17) is 0 Å². The summed E-state index contributed by atoms with van der Waals surface area (Å²) in [5, 5.41) is 23.0. The molecule has 2 unspecified atom stereocenters. The van der Waals surface area contributed by atoms with Gasteiger partial charge in [0.1, 0.15) is 0 Å². The highest BCUT2D eigenvalue weighted by atomic mass is 16.3. The van der Waals surface area contributed by atoms with Gasteiger partial charge in [0.05, 0.1) is 18.8 Å². The van der Waals surface area contributed by atoms with Gasteiger partial charge in [0.15, 0.2) is 0 Å². The molecule has 1 amide bonds. The molecule has 0 fully saturated rings. The van der Waals surface area contributed by atoms with Gasteiger partial charge in [-0.3, -0.25) is 4.79 Å². The maximum absolute atomic E-state index is 12.4. The Bertz CT molecular complexity index is 866. The van der Waals surface area contributed by atoms with E-state index in [1.54, 1.807) is 6.08 Å². The van der Waals surface area contributed by atoms with Crippen molar-refractivity contribution in [3.63, 3.8) is 0 Å². The van der Waals surface area contributed by atoms with Gasteiger partial charge >= 0.3 is 0 Å². The summed E-state index contributed by atoms with van der Waals surface area (Å²) in [7, 11) is 0. The molecule has 0 aromatic heterocycles. The Kier molecular flexibility index (Phi) is 47.8. The number of aliphatic hydroxyl groups is 2. The van der Waals surface area contributed by atoms with Gasteiger partial charge in [-0.25, -0.2) is 0 Å². The number of hydrogen-bond donors (Lipinski definition) is 3. The topological polar surface area (TPSA) is 69.6 Å². The molecule has 0 aromatic rings. The third kappa shape index (κ3) is 45.5. The highest BCUT2D eigenvalue weighted by molar-refractivity contribution is 5.76. The normalized spacial score (nSPS) is 13.1. The number of hydrogen-bond acceptors (Lipinski definition) is 3. The lowest BCUT2D eigenvalue weighted by Crippen LogP contribution is -2.45. The van der Waals surface area contributed by atoms with E-state index in [-0.39, 0.29) is 12.5 Å². The number of aliphatic hydroxyl groups excluding tert-OH is 2. The minimum atomic E-state index is -0.860. The largest absolute Gasteiger partial charge is 0.394 e. The average Bonchev–Trinajstić information content (AvgIpc) is 3.22. The van der Waals surface area contributed by atoms with Gasteiger partial charge in [0.2, 0.25) is 5.91 Å². The molecule has 0 radical (unpaired) electrons. The Morgan fingerprint density at radius 3 is 1.02 bits per heavy atom.